The van der Waals surface area contributed by atoms with Crippen molar-refractivity contribution in [2.75, 3.05) is 6.54 Å². The predicted molar refractivity (Wildman–Crippen MR) is 89.1 cm³/mol. The number of hydrogen-bond donors (Lipinski definition) is 2. The van der Waals surface area contributed by atoms with Gasteiger partial charge in [-0.3, -0.25) is 9.59 Å². The Morgan fingerprint density at radius 1 is 1.29 bits per heavy atom. The molecule has 7 nitrogen and oxygen atoms in total. The maximum Gasteiger partial charge on any atom is 0.321 e. The SMILES string of the molecule is C[C@H](OC(=O)CNS(=O)(=O)/C=C/c1ccccc1)C(=O)NC1CC1. The van der Waals surface area contributed by atoms with Gasteiger partial charge in [-0.25, -0.2) is 13.1 Å². The highest BCUT2D eigenvalue weighted by molar-refractivity contribution is 7.92. The molecular formula is C16H20N2O5S. The number of rotatable bonds is 8. The molecule has 0 bridgehead atoms. The van der Waals surface area contributed by atoms with Crippen LogP contribution in [0.15, 0.2) is 35.7 Å². The first-order valence-corrected chi connectivity index (χ1v) is 9.13. The molecule has 1 atom stereocenters. The summed E-state index contributed by atoms with van der Waals surface area (Å²) in [5.41, 5.74) is 0.718. The molecular weight excluding hydrogens is 332 g/mol. The Kier molecular flexibility index (Phi) is 6.10. The van der Waals surface area contributed by atoms with Gasteiger partial charge < -0.3 is 10.1 Å². The lowest BCUT2D eigenvalue weighted by Gasteiger charge is -2.13. The van der Waals surface area contributed by atoms with Gasteiger partial charge in [-0.05, 0) is 31.4 Å². The highest BCUT2D eigenvalue weighted by Crippen LogP contribution is 2.18. The fourth-order valence-electron chi connectivity index (χ4n) is 1.78. The molecule has 1 amide bonds. The number of carbonyl (C=O) groups is 2. The second-order valence-corrected chi connectivity index (χ2v) is 7.15. The van der Waals surface area contributed by atoms with E-state index in [1.165, 1.54) is 13.0 Å². The molecule has 0 saturated heterocycles. The van der Waals surface area contributed by atoms with E-state index in [0.29, 0.717) is 0 Å². The first-order chi connectivity index (χ1) is 11.4. The second-order valence-electron chi connectivity index (χ2n) is 5.49. The Labute approximate surface area is 141 Å². The van der Waals surface area contributed by atoms with E-state index < -0.39 is 28.6 Å². The molecule has 0 unspecified atom stereocenters. The van der Waals surface area contributed by atoms with Gasteiger partial charge in [0.2, 0.25) is 10.0 Å². The van der Waals surface area contributed by atoms with E-state index in [4.69, 9.17) is 4.74 Å². The molecule has 0 radical (unpaired) electrons. The third-order valence-corrected chi connectivity index (χ3v) is 4.30. The van der Waals surface area contributed by atoms with Crippen LogP contribution in [0.25, 0.3) is 6.08 Å². The van der Waals surface area contributed by atoms with Crippen LogP contribution in [0, 0.1) is 0 Å². The molecule has 2 N–H and O–H groups in total. The molecule has 1 aromatic carbocycles. The summed E-state index contributed by atoms with van der Waals surface area (Å²) < 4.78 is 30.6. The van der Waals surface area contributed by atoms with Crippen LogP contribution < -0.4 is 10.0 Å². The zero-order chi connectivity index (χ0) is 17.6. The third-order valence-electron chi connectivity index (χ3n) is 3.26. The molecule has 130 valence electrons. The van der Waals surface area contributed by atoms with Gasteiger partial charge >= 0.3 is 5.97 Å². The average Bonchev–Trinajstić information content (AvgIpc) is 3.36. The van der Waals surface area contributed by atoms with E-state index in [2.05, 4.69) is 10.0 Å². The quantitative estimate of drug-likeness (QED) is 0.674. The number of esters is 1. The highest BCUT2D eigenvalue weighted by Gasteiger charge is 2.27. The summed E-state index contributed by atoms with van der Waals surface area (Å²) in [6.45, 7) is 0.905. The van der Waals surface area contributed by atoms with E-state index in [1.54, 1.807) is 24.3 Å². The molecule has 1 fully saturated rings. The summed E-state index contributed by atoms with van der Waals surface area (Å²) in [6.07, 6.45) is 2.32. The van der Waals surface area contributed by atoms with Crippen molar-refractivity contribution >= 4 is 28.0 Å². The number of amides is 1. The largest absolute Gasteiger partial charge is 0.452 e. The lowest BCUT2D eigenvalue weighted by Crippen LogP contribution is -2.39. The lowest BCUT2D eigenvalue weighted by atomic mass is 10.2. The van der Waals surface area contributed by atoms with E-state index >= 15 is 0 Å². The van der Waals surface area contributed by atoms with Crippen LogP contribution in [-0.4, -0.2) is 39.0 Å². The third kappa shape index (κ3) is 6.51. The van der Waals surface area contributed by atoms with Crippen molar-refractivity contribution in [1.29, 1.82) is 0 Å². The normalized spacial score (nSPS) is 15.9. The minimum atomic E-state index is -3.77. The van der Waals surface area contributed by atoms with Crippen molar-refractivity contribution in [1.82, 2.24) is 10.0 Å². The topological polar surface area (TPSA) is 102 Å². The van der Waals surface area contributed by atoms with Crippen LogP contribution in [0.2, 0.25) is 0 Å². The van der Waals surface area contributed by atoms with Gasteiger partial charge in [-0.2, -0.15) is 0 Å². The van der Waals surface area contributed by atoms with Crippen LogP contribution in [0.4, 0.5) is 0 Å². The summed E-state index contributed by atoms with van der Waals surface area (Å²) in [6, 6.07) is 9.05. The molecule has 1 aliphatic rings. The van der Waals surface area contributed by atoms with Gasteiger partial charge in [0.15, 0.2) is 6.10 Å². The Morgan fingerprint density at radius 2 is 1.96 bits per heavy atom. The number of nitrogens with one attached hydrogen (secondary N) is 2. The summed E-state index contributed by atoms with van der Waals surface area (Å²) in [7, 11) is -3.77. The number of benzene rings is 1. The highest BCUT2D eigenvalue weighted by atomic mass is 32.2. The van der Waals surface area contributed by atoms with Gasteiger partial charge in [-0.15, -0.1) is 0 Å². The number of ether oxygens (including phenoxy) is 1. The molecule has 0 spiro atoms. The Hall–Kier alpha value is -2.19. The van der Waals surface area contributed by atoms with Crippen LogP contribution in [0.5, 0.6) is 0 Å². The molecule has 0 aromatic heterocycles. The Morgan fingerprint density at radius 3 is 2.58 bits per heavy atom. The molecule has 0 aliphatic heterocycles. The maximum atomic E-state index is 11.8. The smallest absolute Gasteiger partial charge is 0.321 e. The average molecular weight is 352 g/mol. The van der Waals surface area contributed by atoms with Crippen LogP contribution >= 0.6 is 0 Å². The van der Waals surface area contributed by atoms with Crippen molar-refractivity contribution < 1.29 is 22.7 Å². The van der Waals surface area contributed by atoms with E-state index in [-0.39, 0.29) is 11.9 Å². The summed E-state index contributed by atoms with van der Waals surface area (Å²) in [4.78, 5) is 23.3. The summed E-state index contributed by atoms with van der Waals surface area (Å²) in [5, 5.41) is 3.67. The minimum Gasteiger partial charge on any atom is -0.452 e. The molecule has 1 aromatic rings. The predicted octanol–water partition coefficient (Wildman–Crippen LogP) is 0.787. The van der Waals surface area contributed by atoms with Gasteiger partial charge in [0.1, 0.15) is 6.54 Å². The van der Waals surface area contributed by atoms with Crippen molar-refractivity contribution in [3.05, 3.63) is 41.3 Å². The molecule has 24 heavy (non-hydrogen) atoms. The Bertz CT molecular complexity index is 711. The van der Waals surface area contributed by atoms with Crippen molar-refractivity contribution in [2.24, 2.45) is 0 Å². The monoisotopic (exact) mass is 352 g/mol. The number of carbonyl (C=O) groups excluding carboxylic acids is 2. The summed E-state index contributed by atoms with van der Waals surface area (Å²) in [5.74, 6) is -1.19. The van der Waals surface area contributed by atoms with Gasteiger partial charge in [-0.1, -0.05) is 30.3 Å². The molecule has 8 heteroatoms. The zero-order valence-corrected chi connectivity index (χ0v) is 14.1. The van der Waals surface area contributed by atoms with Gasteiger partial charge in [0.05, 0.1) is 0 Å². The van der Waals surface area contributed by atoms with E-state index in [1.807, 2.05) is 6.07 Å². The van der Waals surface area contributed by atoms with Crippen molar-refractivity contribution in [2.45, 2.75) is 31.9 Å². The van der Waals surface area contributed by atoms with E-state index in [0.717, 1.165) is 23.8 Å². The standard InChI is InChI=1S/C16H20N2O5S/c1-12(16(20)18-14-7-8-14)23-15(19)11-17-24(21,22)10-9-13-5-3-2-4-6-13/h2-6,9-10,12,14,17H,7-8,11H2,1H3,(H,18,20)/b10-9+/t12-/m0/s1. The second kappa shape index (κ2) is 8.07. The lowest BCUT2D eigenvalue weighted by molar-refractivity contribution is -0.153. The molecule has 0 heterocycles. The number of sulfonamides is 1. The first-order valence-electron chi connectivity index (χ1n) is 7.58. The van der Waals surface area contributed by atoms with Crippen LogP contribution in [0.3, 0.4) is 0 Å². The first kappa shape index (κ1) is 18.2. The van der Waals surface area contributed by atoms with Gasteiger partial charge in [0.25, 0.3) is 5.91 Å². The molecule has 1 aliphatic carbocycles. The van der Waals surface area contributed by atoms with Crippen molar-refractivity contribution in [3.8, 4) is 0 Å². The van der Waals surface area contributed by atoms with E-state index in [9.17, 15) is 18.0 Å². The number of hydrogen-bond acceptors (Lipinski definition) is 5. The van der Waals surface area contributed by atoms with Crippen molar-refractivity contribution in [3.63, 3.8) is 0 Å². The van der Waals surface area contributed by atoms with Crippen LogP contribution in [0.1, 0.15) is 25.3 Å². The van der Waals surface area contributed by atoms with Crippen LogP contribution in [-0.2, 0) is 24.3 Å². The fraction of sp³-hybridized carbons (Fsp3) is 0.375. The summed E-state index contributed by atoms with van der Waals surface area (Å²) >= 11 is 0. The minimum absolute atomic E-state index is 0.167. The fourth-order valence-corrected chi connectivity index (χ4v) is 2.53. The Balaban J connectivity index is 1.77. The molecule has 1 saturated carbocycles. The molecule has 2 rings (SSSR count). The maximum absolute atomic E-state index is 11.8. The van der Waals surface area contributed by atoms with Gasteiger partial charge in [0, 0.05) is 11.4 Å². The zero-order valence-electron chi connectivity index (χ0n) is 13.3.